The van der Waals surface area contributed by atoms with Crippen LogP contribution in [0.5, 0.6) is 0 Å². The summed E-state index contributed by atoms with van der Waals surface area (Å²) in [7, 11) is 1.97. The highest BCUT2D eigenvalue weighted by molar-refractivity contribution is 8.00. The zero-order chi connectivity index (χ0) is 25.2. The number of carboxylic acids is 1. The molecule has 0 atom stereocenters. The van der Waals surface area contributed by atoms with E-state index in [-0.39, 0.29) is 17.3 Å². The molecule has 1 aromatic rings. The molecule has 0 unspecified atom stereocenters. The van der Waals surface area contributed by atoms with Crippen LogP contribution in [0, 0.1) is 6.92 Å². The number of aliphatic carboxylic acids is 1. The van der Waals surface area contributed by atoms with Crippen LogP contribution >= 0.6 is 23.1 Å². The van der Waals surface area contributed by atoms with Crippen LogP contribution < -0.4 is 5.32 Å². The van der Waals surface area contributed by atoms with Crippen molar-refractivity contribution in [2.24, 2.45) is 0 Å². The van der Waals surface area contributed by atoms with Gasteiger partial charge in [0, 0.05) is 23.3 Å². The smallest absolute Gasteiger partial charge is 0.481 e. The lowest BCUT2D eigenvalue weighted by molar-refractivity contribution is -0.319. The topological polar surface area (TPSA) is 92.7 Å². The number of thiophene rings is 1. The standard InChI is InChI=1S/C9H11F3O2.C8H13NS.C4H6O3S/c1-3-8(7(2)13)5-4-6-14-9(10,11)12;1-4-7-5-6(2)8(9-3)10-7;5-1-2-8-3-4(6)7/h3-5H,6H2,1-2H3;5,9H,4H2,1-3H3;1H,2-3H2,(H,6,7)/b5-4-,8-3+;;. The number of hydrogen-bond donors (Lipinski definition) is 2. The zero-order valence-corrected chi connectivity index (χ0v) is 20.4. The van der Waals surface area contributed by atoms with E-state index in [1.807, 2.05) is 18.4 Å². The molecule has 0 spiro atoms. The average molecular weight is 498 g/mol. The molecular weight excluding hydrogens is 467 g/mol. The number of anilines is 1. The lowest BCUT2D eigenvalue weighted by Gasteiger charge is -2.03. The number of Topliss-reactive ketones (excluding diaryl/α,β-unsaturated/α-hetero) is 1. The summed E-state index contributed by atoms with van der Waals surface area (Å²) in [5.41, 5.74) is 1.72. The van der Waals surface area contributed by atoms with Gasteiger partial charge in [-0.3, -0.25) is 14.3 Å². The number of aldehydes is 1. The van der Waals surface area contributed by atoms with Crippen molar-refractivity contribution in [1.82, 2.24) is 0 Å². The van der Waals surface area contributed by atoms with Gasteiger partial charge in [0.2, 0.25) is 0 Å². The lowest BCUT2D eigenvalue weighted by Crippen LogP contribution is -2.13. The minimum absolute atomic E-state index is 0.0126. The number of allylic oxidation sites excluding steroid dienone is 3. The molecule has 0 aliphatic rings. The van der Waals surface area contributed by atoms with E-state index in [0.717, 1.165) is 24.3 Å². The third kappa shape index (κ3) is 18.6. The molecule has 0 aliphatic heterocycles. The molecule has 1 heterocycles. The molecule has 1 aromatic heterocycles. The molecule has 11 heteroatoms. The minimum atomic E-state index is -4.63. The molecule has 0 amide bonds. The molecular formula is C21H30F3NO5S2. The summed E-state index contributed by atoms with van der Waals surface area (Å²) < 4.78 is 37.9. The van der Waals surface area contributed by atoms with Gasteiger partial charge in [-0.1, -0.05) is 25.2 Å². The maximum Gasteiger partial charge on any atom is 0.522 e. The van der Waals surface area contributed by atoms with Gasteiger partial charge in [-0.15, -0.1) is 36.3 Å². The first-order valence-corrected chi connectivity index (χ1v) is 11.4. The van der Waals surface area contributed by atoms with Crippen molar-refractivity contribution < 1.29 is 37.4 Å². The van der Waals surface area contributed by atoms with Crippen LogP contribution in [0.2, 0.25) is 0 Å². The van der Waals surface area contributed by atoms with Crippen LogP contribution in [0.25, 0.3) is 0 Å². The maximum absolute atomic E-state index is 11.5. The number of hydrogen-bond acceptors (Lipinski definition) is 7. The largest absolute Gasteiger partial charge is 0.522 e. The number of carbonyl (C=O) groups is 3. The van der Waals surface area contributed by atoms with E-state index >= 15 is 0 Å². The summed E-state index contributed by atoms with van der Waals surface area (Å²) in [5.74, 6) is -0.794. The summed E-state index contributed by atoms with van der Waals surface area (Å²) in [5, 5.41) is 12.5. The number of thioether (sulfide) groups is 1. The molecule has 1 rings (SSSR count). The van der Waals surface area contributed by atoms with Crippen LogP contribution in [-0.2, 0) is 25.5 Å². The van der Waals surface area contributed by atoms with Gasteiger partial charge in [-0.05, 0) is 38.8 Å². The van der Waals surface area contributed by atoms with Crippen LogP contribution in [0.4, 0.5) is 18.2 Å². The molecule has 182 valence electrons. The monoisotopic (exact) mass is 497 g/mol. The normalized spacial score (nSPS) is 11.2. The minimum Gasteiger partial charge on any atom is -0.481 e. The lowest BCUT2D eigenvalue weighted by atomic mass is 10.1. The van der Waals surface area contributed by atoms with E-state index in [1.165, 1.54) is 34.5 Å². The maximum atomic E-state index is 11.5. The van der Waals surface area contributed by atoms with Gasteiger partial charge >= 0.3 is 12.3 Å². The van der Waals surface area contributed by atoms with Crippen molar-refractivity contribution in [3.63, 3.8) is 0 Å². The van der Waals surface area contributed by atoms with Gasteiger partial charge in [0.15, 0.2) is 5.78 Å². The Morgan fingerprint density at radius 3 is 2.31 bits per heavy atom. The summed E-state index contributed by atoms with van der Waals surface area (Å²) in [6, 6.07) is 2.25. The first kappa shape index (κ1) is 32.1. The van der Waals surface area contributed by atoms with Gasteiger partial charge in [-0.2, -0.15) is 0 Å². The Morgan fingerprint density at radius 2 is 1.97 bits per heavy atom. The van der Waals surface area contributed by atoms with Crippen molar-refractivity contribution in [3.05, 3.63) is 40.3 Å². The number of halogens is 3. The van der Waals surface area contributed by atoms with Gasteiger partial charge in [-0.25, -0.2) is 0 Å². The van der Waals surface area contributed by atoms with Crippen LogP contribution in [0.15, 0.2) is 29.9 Å². The Labute approximate surface area is 194 Å². The second-order valence-electron chi connectivity index (χ2n) is 5.86. The van der Waals surface area contributed by atoms with E-state index in [9.17, 15) is 27.6 Å². The molecule has 2 N–H and O–H groups in total. The van der Waals surface area contributed by atoms with Gasteiger partial charge in [0.25, 0.3) is 0 Å². The second kappa shape index (κ2) is 18.5. The third-order valence-corrected chi connectivity index (χ3v) is 5.54. The molecule has 0 saturated heterocycles. The SMILES string of the molecule is C/C=C(\C=C/COC(F)(F)F)C(C)=O.CCc1cc(C)c(NC)s1.O=CCSCC(=O)O. The third-order valence-electron chi connectivity index (χ3n) is 3.31. The summed E-state index contributed by atoms with van der Waals surface area (Å²) in [6.45, 7) is 6.70. The fraction of sp³-hybridized carbons (Fsp3) is 0.476. The Bertz CT molecular complexity index is 759. The Morgan fingerprint density at radius 1 is 1.34 bits per heavy atom. The first-order valence-electron chi connectivity index (χ1n) is 9.46. The highest BCUT2D eigenvalue weighted by Gasteiger charge is 2.28. The molecule has 0 aromatic carbocycles. The molecule has 0 fully saturated rings. The van der Waals surface area contributed by atoms with Crippen LogP contribution in [0.1, 0.15) is 31.2 Å². The number of aryl methyl sites for hydroxylation is 2. The molecule has 6 nitrogen and oxygen atoms in total. The van der Waals surface area contributed by atoms with Crippen LogP contribution in [0.3, 0.4) is 0 Å². The highest BCUT2D eigenvalue weighted by Crippen LogP contribution is 2.26. The Kier molecular flexibility index (Phi) is 18.5. The fourth-order valence-electron chi connectivity index (χ4n) is 1.90. The summed E-state index contributed by atoms with van der Waals surface area (Å²) in [6.07, 6.45) is 1.17. The Hall–Kier alpha value is -2.11. The van der Waals surface area contributed by atoms with Gasteiger partial charge in [0.1, 0.15) is 6.29 Å². The number of carbonyl (C=O) groups excluding carboxylic acids is 2. The van der Waals surface area contributed by atoms with Gasteiger partial charge in [0.05, 0.1) is 17.4 Å². The predicted molar refractivity (Wildman–Crippen MR) is 125 cm³/mol. The van der Waals surface area contributed by atoms with Crippen molar-refractivity contribution in [2.75, 3.05) is 30.5 Å². The van der Waals surface area contributed by atoms with E-state index in [4.69, 9.17) is 5.11 Å². The second-order valence-corrected chi connectivity index (χ2v) is 8.03. The molecule has 0 aliphatic carbocycles. The van der Waals surface area contributed by atoms with Crippen molar-refractivity contribution in [3.8, 4) is 0 Å². The highest BCUT2D eigenvalue weighted by atomic mass is 32.2. The average Bonchev–Trinajstić information content (AvgIpc) is 3.08. The zero-order valence-electron chi connectivity index (χ0n) is 18.7. The number of rotatable bonds is 10. The molecule has 0 saturated carbocycles. The summed E-state index contributed by atoms with van der Waals surface area (Å²) in [4.78, 5) is 31.6. The molecule has 0 bridgehead atoms. The Balaban J connectivity index is 0. The van der Waals surface area contributed by atoms with E-state index in [0.29, 0.717) is 11.9 Å². The fourth-order valence-corrected chi connectivity index (χ4v) is 3.25. The van der Waals surface area contributed by atoms with Crippen molar-refractivity contribution in [2.45, 2.75) is 40.5 Å². The molecule has 32 heavy (non-hydrogen) atoms. The number of alkyl halides is 3. The quantitative estimate of drug-likeness (QED) is 0.197. The van der Waals surface area contributed by atoms with Gasteiger partial charge < -0.3 is 15.2 Å². The van der Waals surface area contributed by atoms with E-state index in [2.05, 4.69) is 30.0 Å². The number of ether oxygens (including phenoxy) is 1. The van der Waals surface area contributed by atoms with Crippen molar-refractivity contribution >= 4 is 46.1 Å². The van der Waals surface area contributed by atoms with E-state index in [1.54, 1.807) is 6.92 Å². The van der Waals surface area contributed by atoms with Crippen LogP contribution in [-0.4, -0.2) is 54.7 Å². The number of carboxylic acid groups (broad SMARTS) is 1. The number of ketones is 1. The van der Waals surface area contributed by atoms with E-state index < -0.39 is 18.9 Å². The number of nitrogens with one attached hydrogen (secondary N) is 1. The first-order chi connectivity index (χ1) is 14.9. The van der Waals surface area contributed by atoms with Crippen molar-refractivity contribution in [1.29, 1.82) is 0 Å². The predicted octanol–water partition coefficient (Wildman–Crippen LogP) is 5.28. The summed E-state index contributed by atoms with van der Waals surface area (Å²) >= 11 is 2.94. The molecule has 0 radical (unpaired) electrons.